The predicted octanol–water partition coefficient (Wildman–Crippen LogP) is 3.05. The van der Waals surface area contributed by atoms with E-state index in [4.69, 9.17) is 0 Å². The van der Waals surface area contributed by atoms with Crippen LogP contribution in [-0.2, 0) is 24.8 Å². The van der Waals surface area contributed by atoms with Crippen molar-refractivity contribution >= 4 is 37.3 Å². The second-order valence-electron chi connectivity index (χ2n) is 8.81. The van der Waals surface area contributed by atoms with Crippen molar-refractivity contribution in [3.63, 3.8) is 0 Å². The van der Waals surface area contributed by atoms with Crippen molar-refractivity contribution in [2.24, 2.45) is 0 Å². The molecule has 10 heteroatoms. The summed E-state index contributed by atoms with van der Waals surface area (Å²) < 4.78 is 51.4. The highest BCUT2D eigenvalue weighted by Crippen LogP contribution is 2.21. The van der Waals surface area contributed by atoms with Crippen LogP contribution >= 0.6 is 0 Å². The first-order valence-electron chi connectivity index (χ1n) is 9.47. The summed E-state index contributed by atoms with van der Waals surface area (Å²) in [7, 11) is -6.88. The largest absolute Gasteiger partial charge is 0.326 e. The van der Waals surface area contributed by atoms with Gasteiger partial charge in [-0.15, -0.1) is 0 Å². The van der Waals surface area contributed by atoms with Gasteiger partial charge in [-0.2, -0.15) is 0 Å². The van der Waals surface area contributed by atoms with Crippen molar-refractivity contribution < 1.29 is 21.6 Å². The number of carbonyl (C=O) groups excluding carboxylic acids is 1. The molecular formula is C19H33N3O5S2. The summed E-state index contributed by atoms with van der Waals surface area (Å²) in [5.74, 6) is -0.188. The van der Waals surface area contributed by atoms with Gasteiger partial charge in [0.1, 0.15) is 0 Å². The topological polar surface area (TPSA) is 121 Å². The molecule has 0 spiro atoms. The Labute approximate surface area is 175 Å². The van der Waals surface area contributed by atoms with E-state index in [2.05, 4.69) is 14.8 Å². The molecule has 0 bridgehead atoms. The molecule has 1 amide bonds. The number of hydrogen-bond donors (Lipinski definition) is 3. The summed E-state index contributed by atoms with van der Waals surface area (Å²) >= 11 is 0. The number of unbranched alkanes of at least 4 members (excludes halogenated alkanes) is 1. The van der Waals surface area contributed by atoms with Crippen molar-refractivity contribution in [3.05, 3.63) is 24.3 Å². The first-order valence-corrected chi connectivity index (χ1v) is 12.4. The normalized spacial score (nSPS) is 13.2. The summed E-state index contributed by atoms with van der Waals surface area (Å²) in [5, 5.41) is 2.74. The Bertz CT molecular complexity index is 895. The fourth-order valence-corrected chi connectivity index (χ4v) is 3.59. The zero-order valence-electron chi connectivity index (χ0n) is 18.0. The van der Waals surface area contributed by atoms with Gasteiger partial charge in [0.05, 0.1) is 9.49 Å². The summed E-state index contributed by atoms with van der Waals surface area (Å²) in [6, 6.07) is 6.41. The first kappa shape index (κ1) is 25.4. The van der Waals surface area contributed by atoms with Crippen molar-refractivity contribution in [1.82, 2.24) is 4.72 Å². The fraction of sp³-hybridized carbons (Fsp3) is 0.632. The van der Waals surface area contributed by atoms with Crippen LogP contribution in [0.25, 0.3) is 0 Å². The molecule has 0 saturated heterocycles. The zero-order valence-corrected chi connectivity index (χ0v) is 19.6. The minimum absolute atomic E-state index is 0.188. The monoisotopic (exact) mass is 447 g/mol. The molecule has 1 aromatic carbocycles. The molecule has 0 unspecified atom stereocenters. The van der Waals surface area contributed by atoms with Gasteiger partial charge in [-0.1, -0.05) is 0 Å². The molecule has 0 aliphatic heterocycles. The number of anilines is 2. The Hall–Kier alpha value is -1.65. The molecule has 0 aliphatic rings. The highest BCUT2D eigenvalue weighted by molar-refractivity contribution is 7.94. The van der Waals surface area contributed by atoms with Crippen LogP contribution < -0.4 is 14.8 Å². The van der Waals surface area contributed by atoms with Crippen molar-refractivity contribution in [2.45, 2.75) is 70.3 Å². The highest BCUT2D eigenvalue weighted by atomic mass is 32.2. The van der Waals surface area contributed by atoms with Crippen LogP contribution in [0.2, 0.25) is 0 Å². The van der Waals surface area contributed by atoms with Gasteiger partial charge in [0.2, 0.25) is 26.0 Å². The van der Waals surface area contributed by atoms with Gasteiger partial charge in [0.15, 0.2) is 0 Å². The molecule has 0 atom stereocenters. The third-order valence-electron chi connectivity index (χ3n) is 4.16. The molecule has 1 rings (SSSR count). The smallest absolute Gasteiger partial charge is 0.237 e. The van der Waals surface area contributed by atoms with E-state index < -0.39 is 29.5 Å². The lowest BCUT2D eigenvalue weighted by Crippen LogP contribution is -2.39. The molecule has 1 aromatic rings. The molecule has 0 aliphatic carbocycles. The van der Waals surface area contributed by atoms with E-state index in [1.165, 1.54) is 0 Å². The molecule has 0 radical (unpaired) electrons. The second-order valence-corrected chi connectivity index (χ2v) is 13.8. The first-order chi connectivity index (χ1) is 13.1. The van der Waals surface area contributed by atoms with Gasteiger partial charge in [-0.3, -0.25) is 9.52 Å². The molecule has 0 heterocycles. The Kier molecular flexibility index (Phi) is 8.26. The highest BCUT2D eigenvalue weighted by Gasteiger charge is 2.29. The van der Waals surface area contributed by atoms with Crippen LogP contribution in [0.1, 0.15) is 60.8 Å². The van der Waals surface area contributed by atoms with E-state index in [0.29, 0.717) is 24.2 Å². The number of hydrogen-bond acceptors (Lipinski definition) is 5. The molecule has 0 saturated carbocycles. The van der Waals surface area contributed by atoms with E-state index in [0.717, 1.165) is 0 Å². The fourth-order valence-electron chi connectivity index (χ4n) is 1.99. The number of amides is 1. The predicted molar refractivity (Wildman–Crippen MR) is 118 cm³/mol. The van der Waals surface area contributed by atoms with Gasteiger partial charge in [-0.05, 0) is 78.6 Å². The summed E-state index contributed by atoms with van der Waals surface area (Å²) in [6.45, 7) is 10.00. The molecule has 0 fully saturated rings. The van der Waals surface area contributed by atoms with Crippen molar-refractivity contribution in [3.8, 4) is 0 Å². The van der Waals surface area contributed by atoms with Crippen LogP contribution in [0, 0.1) is 0 Å². The van der Waals surface area contributed by atoms with Gasteiger partial charge in [0, 0.05) is 24.3 Å². The summed E-state index contributed by atoms with van der Waals surface area (Å²) in [5.41, 5.74) is 0.978. The lowest BCUT2D eigenvalue weighted by Gasteiger charge is -2.20. The minimum Gasteiger partial charge on any atom is -0.326 e. The minimum atomic E-state index is -3.51. The van der Waals surface area contributed by atoms with Crippen molar-refractivity contribution in [1.29, 1.82) is 0 Å². The van der Waals surface area contributed by atoms with E-state index in [9.17, 15) is 21.6 Å². The molecule has 166 valence electrons. The van der Waals surface area contributed by atoms with E-state index in [1.807, 2.05) is 0 Å². The second kappa shape index (κ2) is 9.44. The number of carbonyl (C=O) groups is 1. The van der Waals surface area contributed by atoms with E-state index in [1.54, 1.807) is 65.8 Å². The Balaban J connectivity index is 2.44. The van der Waals surface area contributed by atoms with Gasteiger partial charge in [0.25, 0.3) is 0 Å². The van der Waals surface area contributed by atoms with Crippen LogP contribution in [0.15, 0.2) is 24.3 Å². The average Bonchev–Trinajstić information content (AvgIpc) is 2.54. The van der Waals surface area contributed by atoms with Crippen LogP contribution in [-0.4, -0.2) is 38.8 Å². The average molecular weight is 448 g/mol. The van der Waals surface area contributed by atoms with Gasteiger partial charge < -0.3 is 5.32 Å². The maximum atomic E-state index is 12.1. The number of sulfonamides is 2. The standard InChI is InChI=1S/C19H33N3O5S2/c1-18(2,3)28(24,25)20-14-8-7-9-17(23)21-15-10-12-16(13-11-15)22-29(26,27)19(4,5)6/h10-13,20,22H,7-9,14H2,1-6H3,(H,21,23). The van der Waals surface area contributed by atoms with Crippen LogP contribution in [0.5, 0.6) is 0 Å². The van der Waals surface area contributed by atoms with Gasteiger partial charge >= 0.3 is 0 Å². The third kappa shape index (κ3) is 7.94. The van der Waals surface area contributed by atoms with E-state index in [-0.39, 0.29) is 18.9 Å². The Morgan fingerprint density at radius 1 is 0.793 bits per heavy atom. The summed E-state index contributed by atoms with van der Waals surface area (Å²) in [6.07, 6.45) is 1.36. The Morgan fingerprint density at radius 3 is 1.76 bits per heavy atom. The van der Waals surface area contributed by atoms with Gasteiger partial charge in [-0.25, -0.2) is 21.6 Å². The summed E-state index contributed by atoms with van der Waals surface area (Å²) in [4.78, 5) is 12.0. The number of nitrogens with one attached hydrogen (secondary N) is 3. The molecular weight excluding hydrogens is 414 g/mol. The SMILES string of the molecule is CC(C)(C)S(=O)(=O)NCCCCC(=O)Nc1ccc(NS(=O)(=O)C(C)(C)C)cc1. The van der Waals surface area contributed by atoms with E-state index >= 15 is 0 Å². The third-order valence-corrected chi connectivity index (χ3v) is 8.47. The molecule has 3 N–H and O–H groups in total. The number of benzene rings is 1. The van der Waals surface area contributed by atoms with Crippen LogP contribution in [0.4, 0.5) is 11.4 Å². The lowest BCUT2D eigenvalue weighted by atomic mass is 10.2. The molecule has 0 aromatic heterocycles. The van der Waals surface area contributed by atoms with Crippen LogP contribution in [0.3, 0.4) is 0 Å². The zero-order chi connectivity index (χ0) is 22.5. The molecule has 29 heavy (non-hydrogen) atoms. The maximum absolute atomic E-state index is 12.1. The maximum Gasteiger partial charge on any atom is 0.237 e. The quantitative estimate of drug-likeness (QED) is 0.502. The Morgan fingerprint density at radius 2 is 1.28 bits per heavy atom. The molecule has 8 nitrogen and oxygen atoms in total. The number of rotatable bonds is 9. The van der Waals surface area contributed by atoms with Crippen molar-refractivity contribution in [2.75, 3.05) is 16.6 Å². The lowest BCUT2D eigenvalue weighted by molar-refractivity contribution is -0.116.